The topological polar surface area (TPSA) is 18.5 Å². The summed E-state index contributed by atoms with van der Waals surface area (Å²) < 4.78 is 0. The highest BCUT2D eigenvalue weighted by Crippen LogP contribution is 2.37. The summed E-state index contributed by atoms with van der Waals surface area (Å²) in [5.74, 6) is 0. The molecule has 1 saturated heterocycles. The van der Waals surface area contributed by atoms with Gasteiger partial charge in [0.15, 0.2) is 0 Å². The quantitative estimate of drug-likeness (QED) is 0.366. The zero-order chi connectivity index (χ0) is 8.39. The molecule has 0 aromatic rings. The molecule has 0 aromatic heterocycles. The zero-order valence-corrected chi connectivity index (χ0v) is 7.58. The average Bonchev–Trinajstić information content (AvgIpc) is 2.65. The summed E-state index contributed by atoms with van der Waals surface area (Å²) in [6, 6.07) is 0. The van der Waals surface area contributed by atoms with E-state index in [1.54, 1.807) is 0 Å². The van der Waals surface area contributed by atoms with Gasteiger partial charge >= 0.3 is 0 Å². The van der Waals surface area contributed by atoms with E-state index >= 15 is 0 Å². The molecule has 2 bridgehead atoms. The molecule has 12 heavy (non-hydrogen) atoms. The van der Waals surface area contributed by atoms with Crippen LogP contribution in [0.2, 0.25) is 0 Å². The van der Waals surface area contributed by atoms with Gasteiger partial charge in [-0.15, -0.1) is 0 Å². The van der Waals surface area contributed by atoms with Gasteiger partial charge in [0.2, 0.25) is 0 Å². The first-order valence-electron chi connectivity index (χ1n) is 4.94. The minimum absolute atomic E-state index is 0.298. The van der Waals surface area contributed by atoms with Gasteiger partial charge in [0, 0.05) is 0 Å². The van der Waals surface area contributed by atoms with E-state index in [1.807, 2.05) is 0 Å². The predicted molar refractivity (Wildman–Crippen MR) is 46.6 cm³/mol. The van der Waals surface area contributed by atoms with Gasteiger partial charge in [-0.25, -0.2) is 9.78 Å². The predicted octanol–water partition coefficient (Wildman–Crippen LogP) is 2.60. The third-order valence-electron chi connectivity index (χ3n) is 2.66. The molecule has 2 nitrogen and oxygen atoms in total. The number of fused-ring (bicyclic) bond motifs is 2. The van der Waals surface area contributed by atoms with Crippen molar-refractivity contribution in [3.8, 4) is 0 Å². The Morgan fingerprint density at radius 2 is 2.00 bits per heavy atom. The molecule has 0 unspecified atom stereocenters. The van der Waals surface area contributed by atoms with Gasteiger partial charge in [0.1, 0.15) is 12.2 Å². The van der Waals surface area contributed by atoms with Crippen LogP contribution in [0.25, 0.3) is 0 Å². The van der Waals surface area contributed by atoms with E-state index < -0.39 is 0 Å². The molecule has 2 fully saturated rings. The Bertz CT molecular complexity index is 164. The Morgan fingerprint density at radius 3 is 2.50 bits per heavy atom. The molecular weight excluding hydrogens is 152 g/mol. The lowest BCUT2D eigenvalue weighted by Gasteiger charge is -2.05. The first kappa shape index (κ1) is 8.27. The molecule has 2 rings (SSSR count). The summed E-state index contributed by atoms with van der Waals surface area (Å²) in [5.41, 5.74) is 1.41. The van der Waals surface area contributed by atoms with Crippen LogP contribution in [0.15, 0.2) is 11.6 Å². The zero-order valence-electron chi connectivity index (χ0n) is 7.58. The lowest BCUT2D eigenvalue weighted by molar-refractivity contribution is -0.315. The van der Waals surface area contributed by atoms with Gasteiger partial charge in [0.25, 0.3) is 0 Å². The highest BCUT2D eigenvalue weighted by Gasteiger charge is 2.39. The Morgan fingerprint density at radius 1 is 1.33 bits per heavy atom. The second-order valence-corrected chi connectivity index (χ2v) is 3.59. The van der Waals surface area contributed by atoms with E-state index in [0.717, 1.165) is 12.8 Å². The number of allylic oxidation sites excluding steroid dienone is 1. The minimum atomic E-state index is 0.298. The Balaban J connectivity index is 1.91. The van der Waals surface area contributed by atoms with Crippen molar-refractivity contribution in [2.24, 2.45) is 0 Å². The van der Waals surface area contributed by atoms with Gasteiger partial charge in [-0.3, -0.25) is 0 Å². The van der Waals surface area contributed by atoms with Gasteiger partial charge in [-0.2, -0.15) is 0 Å². The minimum Gasteiger partial charge on any atom is -0.228 e. The highest BCUT2D eigenvalue weighted by atomic mass is 17.2. The van der Waals surface area contributed by atoms with Crippen molar-refractivity contribution in [3.63, 3.8) is 0 Å². The van der Waals surface area contributed by atoms with Crippen LogP contribution in [-0.4, -0.2) is 12.2 Å². The van der Waals surface area contributed by atoms with E-state index in [2.05, 4.69) is 13.0 Å². The third-order valence-corrected chi connectivity index (χ3v) is 2.66. The van der Waals surface area contributed by atoms with E-state index in [1.165, 1.54) is 24.8 Å². The molecular formula is C10H16O2. The van der Waals surface area contributed by atoms with E-state index in [9.17, 15) is 0 Å². The Labute approximate surface area is 73.5 Å². The number of rotatable bonds is 3. The fourth-order valence-electron chi connectivity index (χ4n) is 1.92. The molecule has 0 spiro atoms. The molecule has 1 aliphatic carbocycles. The summed E-state index contributed by atoms with van der Waals surface area (Å²) >= 11 is 0. The van der Waals surface area contributed by atoms with Crippen LogP contribution in [0.1, 0.15) is 39.0 Å². The average molecular weight is 168 g/mol. The van der Waals surface area contributed by atoms with Crippen molar-refractivity contribution < 1.29 is 9.78 Å². The Kier molecular flexibility index (Phi) is 2.47. The standard InChI is InChI=1S/C10H16O2/c1-2-3-4-5-8-9-6-7-10(8)12-11-9/h5,9-10H,2-4,6-7H2,1H3/t9-,10+. The molecule has 68 valence electrons. The molecule has 0 aromatic carbocycles. The van der Waals surface area contributed by atoms with E-state index in [0.29, 0.717) is 12.2 Å². The van der Waals surface area contributed by atoms with Crippen LogP contribution in [0.5, 0.6) is 0 Å². The maximum atomic E-state index is 5.13. The van der Waals surface area contributed by atoms with Crippen molar-refractivity contribution in [2.75, 3.05) is 0 Å². The van der Waals surface area contributed by atoms with Crippen molar-refractivity contribution in [3.05, 3.63) is 11.6 Å². The maximum absolute atomic E-state index is 5.13. The largest absolute Gasteiger partial charge is 0.228 e. The lowest BCUT2D eigenvalue weighted by Crippen LogP contribution is -2.05. The highest BCUT2D eigenvalue weighted by molar-refractivity contribution is 5.20. The lowest BCUT2D eigenvalue weighted by atomic mass is 10.1. The third kappa shape index (κ3) is 1.41. The van der Waals surface area contributed by atoms with Crippen LogP contribution in [0.4, 0.5) is 0 Å². The molecule has 1 heterocycles. The van der Waals surface area contributed by atoms with Crippen molar-refractivity contribution in [1.29, 1.82) is 0 Å². The first-order valence-corrected chi connectivity index (χ1v) is 4.94. The van der Waals surface area contributed by atoms with Crippen molar-refractivity contribution in [1.82, 2.24) is 0 Å². The molecule has 1 saturated carbocycles. The molecule has 2 aliphatic rings. The van der Waals surface area contributed by atoms with Gasteiger partial charge in [-0.1, -0.05) is 25.8 Å². The fraction of sp³-hybridized carbons (Fsp3) is 0.800. The van der Waals surface area contributed by atoms with Crippen molar-refractivity contribution in [2.45, 2.75) is 51.2 Å². The van der Waals surface area contributed by atoms with Crippen LogP contribution in [0, 0.1) is 0 Å². The second kappa shape index (κ2) is 3.58. The second-order valence-electron chi connectivity index (χ2n) is 3.59. The fourth-order valence-corrected chi connectivity index (χ4v) is 1.92. The summed E-state index contributed by atoms with van der Waals surface area (Å²) in [6.45, 7) is 2.22. The Hall–Kier alpha value is -0.340. The molecule has 1 aliphatic heterocycles. The van der Waals surface area contributed by atoms with E-state index in [4.69, 9.17) is 9.78 Å². The van der Waals surface area contributed by atoms with Crippen molar-refractivity contribution >= 4 is 0 Å². The summed E-state index contributed by atoms with van der Waals surface area (Å²) in [6.07, 6.45) is 8.96. The van der Waals surface area contributed by atoms with Crippen LogP contribution in [0.3, 0.4) is 0 Å². The van der Waals surface area contributed by atoms with Crippen LogP contribution < -0.4 is 0 Å². The molecule has 2 heteroatoms. The summed E-state index contributed by atoms with van der Waals surface area (Å²) in [7, 11) is 0. The van der Waals surface area contributed by atoms with Gasteiger partial charge in [-0.05, 0) is 24.8 Å². The van der Waals surface area contributed by atoms with E-state index in [-0.39, 0.29) is 0 Å². The first-order chi connectivity index (χ1) is 5.92. The smallest absolute Gasteiger partial charge is 0.117 e. The molecule has 2 atom stereocenters. The maximum Gasteiger partial charge on any atom is 0.117 e. The molecule has 0 amide bonds. The van der Waals surface area contributed by atoms with Gasteiger partial charge < -0.3 is 0 Å². The van der Waals surface area contributed by atoms with Crippen LogP contribution >= 0.6 is 0 Å². The van der Waals surface area contributed by atoms with Crippen LogP contribution in [-0.2, 0) is 9.78 Å². The monoisotopic (exact) mass is 168 g/mol. The normalized spacial score (nSPS) is 36.6. The summed E-state index contributed by atoms with van der Waals surface area (Å²) in [4.78, 5) is 10.3. The number of hydrogen-bond donors (Lipinski definition) is 0. The molecule has 0 radical (unpaired) electrons. The SMILES string of the molecule is CCCCC=C1[C@@H]2CC[C@H]1OO2. The number of hydrogen-bond acceptors (Lipinski definition) is 2. The summed E-state index contributed by atoms with van der Waals surface area (Å²) in [5, 5.41) is 0. The molecule has 0 N–H and O–H groups in total. The van der Waals surface area contributed by atoms with Gasteiger partial charge in [0.05, 0.1) is 0 Å². The number of unbranched alkanes of at least 4 members (excludes halogenated alkanes) is 2.